The molecule has 0 atom stereocenters. The van der Waals surface area contributed by atoms with Gasteiger partial charge in [-0.25, -0.2) is 0 Å². The van der Waals surface area contributed by atoms with Crippen LogP contribution in [0.1, 0.15) is 0 Å². The second-order valence-electron chi connectivity index (χ2n) is 1.25. The summed E-state index contributed by atoms with van der Waals surface area (Å²) in [5.74, 6) is 0. The van der Waals surface area contributed by atoms with Gasteiger partial charge in [-0.05, 0) is 0 Å². The third kappa shape index (κ3) is 18800. The predicted molar refractivity (Wildman–Crippen MR) is 43.7 cm³/mol. The molecule has 0 aliphatic heterocycles. The largest absolute Gasteiger partial charge is 5.00 e. The summed E-state index contributed by atoms with van der Waals surface area (Å²) >= 11 is 0. The van der Waals surface area contributed by atoms with Gasteiger partial charge in [-0.3, -0.25) is 0 Å². The molecule has 0 aromatic carbocycles. The first-order valence-electron chi connectivity index (χ1n) is 3.06. The molecule has 0 radical (unpaired) electrons. The Balaban J connectivity index is -0.0000000197. The van der Waals surface area contributed by atoms with Crippen molar-refractivity contribution in [1.82, 2.24) is 0 Å². The van der Waals surface area contributed by atoms with Crippen LogP contribution in [0.2, 0.25) is 0 Å². The number of rotatable bonds is 0. The van der Waals surface area contributed by atoms with Gasteiger partial charge in [0, 0.05) is 45.9 Å². The Morgan fingerprint density at radius 3 is 0.391 bits per heavy atom. The molecule has 0 bridgehead atoms. The van der Waals surface area contributed by atoms with Gasteiger partial charge in [0.1, 0.15) is 0 Å². The molecule has 0 heterocycles. The van der Waals surface area contributed by atoms with Crippen molar-refractivity contribution in [3.05, 3.63) is 0 Å². The maximum atomic E-state index is 8.52. The molecular formula is CaGaO15Si5Ta. The topological polar surface area (TPSA) is 316 Å². The molecular weight excluding hydrogens is 671 g/mol. The first-order valence-corrected chi connectivity index (χ1v) is 9.19. The van der Waals surface area contributed by atoms with Crippen LogP contribution in [0, 0.1) is 0 Å². The molecule has 23 heteroatoms. The molecule has 0 aliphatic carbocycles. The summed E-state index contributed by atoms with van der Waals surface area (Å²) in [6.45, 7) is 0. The summed E-state index contributed by atoms with van der Waals surface area (Å²) in [6, 6.07) is 0. The van der Waals surface area contributed by atoms with Crippen molar-refractivity contribution in [3.63, 3.8) is 0 Å². The zero-order chi connectivity index (χ0) is 17.9. The van der Waals surface area contributed by atoms with Gasteiger partial charge >= 0.3 is 79.9 Å². The van der Waals surface area contributed by atoms with Crippen LogP contribution in [-0.4, -0.2) is 103 Å². The Hall–Kier alpha value is 0.721. The molecule has 0 aromatic rings. The van der Waals surface area contributed by atoms with E-state index in [9.17, 15) is 0 Å². The van der Waals surface area contributed by atoms with Crippen molar-refractivity contribution in [1.29, 1.82) is 0 Å². The van der Waals surface area contributed by atoms with Crippen LogP contribution >= 0.6 is 0 Å². The molecule has 0 unspecified atom stereocenters. The van der Waals surface area contributed by atoms with Gasteiger partial charge in [0.15, 0.2) is 0 Å². The normalized spacial score (nSPS) is 5.22. The summed E-state index contributed by atoms with van der Waals surface area (Å²) in [5.41, 5.74) is 0. The first-order chi connectivity index (χ1) is 8.66. The molecule has 120 valence electrons. The standard InChI is InChI=1S/Ca.Ga.5O3Si.Ta/c;;5*1-4(2)3;/q+2;+3;5*-2;+5. The SMILES string of the molecule is O=[Si]([O-])[O-].O=[Si]([O-])[O-].O=[Si]([O-])[O-].O=[Si]([O-])[O-].O=[Si]([O-])[O-].[Ca+2].[Ga+3].[Ta+5]. The Morgan fingerprint density at radius 2 is 0.391 bits per heavy atom. The fourth-order valence-corrected chi connectivity index (χ4v) is 0. The van der Waals surface area contributed by atoms with E-state index in [0.29, 0.717) is 0 Å². The third-order valence-corrected chi connectivity index (χ3v) is 0. The molecule has 0 amide bonds. The molecule has 0 N–H and O–H groups in total. The Bertz CT molecular complexity index is 219. The van der Waals surface area contributed by atoms with Crippen LogP contribution in [0.5, 0.6) is 0 Å². The predicted octanol–water partition coefficient (Wildman–Crippen LogP) is -15.2. The fraction of sp³-hybridized carbons (Fsp3) is 0. The monoisotopic (exact) mass is 670 g/mol. The minimum Gasteiger partial charge on any atom is -0.672 e. The van der Waals surface area contributed by atoms with Crippen molar-refractivity contribution in [2.24, 2.45) is 0 Å². The second kappa shape index (κ2) is 43.4. The van der Waals surface area contributed by atoms with Crippen molar-refractivity contribution >= 4 is 103 Å². The van der Waals surface area contributed by atoms with Gasteiger partial charge in [0.05, 0.1) is 0 Å². The summed E-state index contributed by atoms with van der Waals surface area (Å²) in [7, 11) is -18.1. The van der Waals surface area contributed by atoms with Crippen LogP contribution < -0.4 is 48.0 Å². The van der Waals surface area contributed by atoms with Crippen molar-refractivity contribution in [2.75, 3.05) is 0 Å². The molecule has 0 saturated carbocycles. The molecule has 0 rings (SSSR count). The van der Waals surface area contributed by atoms with E-state index < -0.39 is 45.9 Å². The second-order valence-corrected chi connectivity index (χ2v) is 3.75. The van der Waals surface area contributed by atoms with Crippen LogP contribution in [-0.2, 0) is 44.7 Å². The van der Waals surface area contributed by atoms with E-state index in [4.69, 9.17) is 70.3 Å². The van der Waals surface area contributed by atoms with E-state index in [-0.39, 0.29) is 79.9 Å². The fourth-order valence-electron chi connectivity index (χ4n) is 0. The van der Waals surface area contributed by atoms with Gasteiger partial charge < -0.3 is 70.3 Å². The van der Waals surface area contributed by atoms with E-state index in [2.05, 4.69) is 0 Å². The number of hydrogen-bond donors (Lipinski definition) is 0. The maximum absolute atomic E-state index is 8.52. The van der Waals surface area contributed by atoms with Crippen molar-refractivity contribution in [3.8, 4) is 0 Å². The molecule has 0 aliphatic rings. The minimum absolute atomic E-state index is 0. The van der Waals surface area contributed by atoms with Crippen LogP contribution in [0.25, 0.3) is 0 Å². The number of hydrogen-bond acceptors (Lipinski definition) is 15. The molecule has 0 saturated heterocycles. The zero-order valence-corrected chi connectivity index (χ0v) is 23.2. The van der Waals surface area contributed by atoms with E-state index in [1.165, 1.54) is 0 Å². The van der Waals surface area contributed by atoms with E-state index in [1.54, 1.807) is 0 Å². The molecule has 0 aromatic heterocycles. The first kappa shape index (κ1) is 49.5. The quantitative estimate of drug-likeness (QED) is 0.216. The molecule has 23 heavy (non-hydrogen) atoms. The van der Waals surface area contributed by atoms with Crippen molar-refractivity contribution in [2.45, 2.75) is 0 Å². The van der Waals surface area contributed by atoms with Gasteiger partial charge in [-0.15, -0.1) is 0 Å². The van der Waals surface area contributed by atoms with Gasteiger partial charge in [0.2, 0.25) is 0 Å². The maximum Gasteiger partial charge on any atom is 5.00 e. The van der Waals surface area contributed by atoms with E-state index in [0.717, 1.165) is 0 Å². The zero-order valence-electron chi connectivity index (χ0n) is 10.4. The minimum atomic E-state index is -3.63. The summed E-state index contributed by atoms with van der Waals surface area (Å²) in [6.07, 6.45) is 0. The molecule has 15 nitrogen and oxygen atoms in total. The molecule has 0 spiro atoms. The average Bonchev–Trinajstić information content (AvgIpc) is 1.94. The average molecular weight is 671 g/mol. The Kier molecular flexibility index (Phi) is 93.4. The molecule has 0 fully saturated rings. The van der Waals surface area contributed by atoms with Crippen molar-refractivity contribution < 1.29 is 92.6 Å². The summed E-state index contributed by atoms with van der Waals surface area (Å²) in [5, 5.41) is 0. The summed E-state index contributed by atoms with van der Waals surface area (Å²) < 4.78 is 42.6. The Labute approximate surface area is 194 Å². The van der Waals surface area contributed by atoms with E-state index >= 15 is 0 Å². The van der Waals surface area contributed by atoms with Crippen LogP contribution in [0.4, 0.5) is 0 Å². The third-order valence-electron chi connectivity index (χ3n) is 0. The van der Waals surface area contributed by atoms with Gasteiger partial charge in [0.25, 0.3) is 0 Å². The van der Waals surface area contributed by atoms with Gasteiger partial charge in [-0.1, -0.05) is 0 Å². The van der Waals surface area contributed by atoms with Crippen LogP contribution in [0.3, 0.4) is 0 Å². The smallest absolute Gasteiger partial charge is 0.672 e. The summed E-state index contributed by atoms with van der Waals surface area (Å²) in [4.78, 5) is 85.2. The van der Waals surface area contributed by atoms with E-state index in [1.807, 2.05) is 0 Å². The van der Waals surface area contributed by atoms with Crippen LogP contribution in [0.15, 0.2) is 0 Å². The Morgan fingerprint density at radius 1 is 0.391 bits per heavy atom. The van der Waals surface area contributed by atoms with Gasteiger partial charge in [-0.2, -0.15) is 0 Å².